The molecule has 0 aliphatic heterocycles. The summed E-state index contributed by atoms with van der Waals surface area (Å²) in [6.45, 7) is 0.469. The van der Waals surface area contributed by atoms with Crippen molar-refractivity contribution in [2.24, 2.45) is 11.7 Å². The van der Waals surface area contributed by atoms with E-state index in [1.807, 2.05) is 0 Å². The second-order valence-corrected chi connectivity index (χ2v) is 6.33. The molecule has 2 unspecified atom stereocenters. The third-order valence-electron chi connectivity index (χ3n) is 3.37. The Balaban J connectivity index is 2.17. The van der Waals surface area contributed by atoms with Crippen LogP contribution in [-0.2, 0) is 10.0 Å². The number of sulfonamides is 1. The first-order valence-corrected chi connectivity index (χ1v) is 7.49. The van der Waals surface area contributed by atoms with Gasteiger partial charge in [0.2, 0.25) is 10.0 Å². The molecule has 1 aromatic carbocycles. The average Bonchev–Trinajstić information content (AvgIpc) is 2.75. The number of nitrogens with one attached hydrogen (secondary N) is 1. The van der Waals surface area contributed by atoms with Crippen LogP contribution in [0.5, 0.6) is 0 Å². The van der Waals surface area contributed by atoms with Gasteiger partial charge in [0.1, 0.15) is 5.82 Å². The van der Waals surface area contributed by atoms with E-state index in [9.17, 15) is 12.8 Å². The van der Waals surface area contributed by atoms with Crippen LogP contribution in [0.4, 0.5) is 4.39 Å². The van der Waals surface area contributed by atoms with E-state index in [1.165, 1.54) is 18.2 Å². The molecule has 2 atom stereocenters. The maximum absolute atomic E-state index is 13.0. The van der Waals surface area contributed by atoms with Gasteiger partial charge in [-0.25, -0.2) is 17.5 Å². The Morgan fingerprint density at radius 1 is 1.39 bits per heavy atom. The Hall–Kier alpha value is -0.980. The SMILES string of the molecule is NCC1CCCC1NS(=O)(=O)c1cccc(F)c1. The number of hydrogen-bond acceptors (Lipinski definition) is 3. The van der Waals surface area contributed by atoms with Crippen LogP contribution < -0.4 is 10.5 Å². The molecule has 0 bridgehead atoms. The quantitative estimate of drug-likeness (QED) is 0.866. The van der Waals surface area contributed by atoms with Gasteiger partial charge in [-0.15, -0.1) is 0 Å². The van der Waals surface area contributed by atoms with Crippen LogP contribution in [0.25, 0.3) is 0 Å². The summed E-state index contributed by atoms with van der Waals surface area (Å²) in [5.74, 6) is -0.381. The molecule has 0 radical (unpaired) electrons. The van der Waals surface area contributed by atoms with E-state index in [1.54, 1.807) is 0 Å². The van der Waals surface area contributed by atoms with E-state index in [-0.39, 0.29) is 16.9 Å². The van der Waals surface area contributed by atoms with Crippen molar-refractivity contribution in [3.05, 3.63) is 30.1 Å². The molecule has 0 aromatic heterocycles. The van der Waals surface area contributed by atoms with Gasteiger partial charge >= 0.3 is 0 Å². The molecule has 0 heterocycles. The van der Waals surface area contributed by atoms with Gasteiger partial charge in [0.05, 0.1) is 4.90 Å². The average molecular weight is 272 g/mol. The second-order valence-electron chi connectivity index (χ2n) is 4.61. The molecular formula is C12H17FN2O2S. The lowest BCUT2D eigenvalue weighted by Gasteiger charge is -2.19. The van der Waals surface area contributed by atoms with Crippen molar-refractivity contribution in [3.8, 4) is 0 Å². The van der Waals surface area contributed by atoms with E-state index in [2.05, 4.69) is 4.72 Å². The zero-order chi connectivity index (χ0) is 13.2. The summed E-state index contributed by atoms with van der Waals surface area (Å²) in [7, 11) is -3.65. The highest BCUT2D eigenvalue weighted by atomic mass is 32.2. The van der Waals surface area contributed by atoms with Crippen molar-refractivity contribution < 1.29 is 12.8 Å². The molecule has 0 amide bonds. The highest BCUT2D eigenvalue weighted by Crippen LogP contribution is 2.26. The highest BCUT2D eigenvalue weighted by molar-refractivity contribution is 7.89. The van der Waals surface area contributed by atoms with Gasteiger partial charge in [-0.1, -0.05) is 12.5 Å². The zero-order valence-electron chi connectivity index (χ0n) is 9.97. The van der Waals surface area contributed by atoms with Crippen molar-refractivity contribution in [1.82, 2.24) is 4.72 Å². The fraction of sp³-hybridized carbons (Fsp3) is 0.500. The number of halogens is 1. The van der Waals surface area contributed by atoms with Gasteiger partial charge in [-0.05, 0) is 43.5 Å². The van der Waals surface area contributed by atoms with Crippen molar-refractivity contribution >= 4 is 10.0 Å². The largest absolute Gasteiger partial charge is 0.330 e. The third kappa shape index (κ3) is 2.88. The third-order valence-corrected chi connectivity index (χ3v) is 4.86. The van der Waals surface area contributed by atoms with Crippen LogP contribution in [0.1, 0.15) is 19.3 Å². The lowest BCUT2D eigenvalue weighted by molar-refractivity contribution is 0.452. The monoisotopic (exact) mass is 272 g/mol. The molecule has 2 rings (SSSR count). The minimum Gasteiger partial charge on any atom is -0.330 e. The van der Waals surface area contributed by atoms with E-state index in [0.717, 1.165) is 25.3 Å². The van der Waals surface area contributed by atoms with E-state index in [4.69, 9.17) is 5.73 Å². The molecule has 3 N–H and O–H groups in total. The Morgan fingerprint density at radius 2 is 2.17 bits per heavy atom. The molecule has 18 heavy (non-hydrogen) atoms. The molecule has 1 fully saturated rings. The highest BCUT2D eigenvalue weighted by Gasteiger charge is 2.30. The molecule has 1 aliphatic rings. The predicted octanol–water partition coefficient (Wildman–Crippen LogP) is 1.23. The summed E-state index contributed by atoms with van der Waals surface area (Å²) < 4.78 is 39.8. The second kappa shape index (κ2) is 5.34. The Labute approximate surface area is 106 Å². The van der Waals surface area contributed by atoms with Crippen LogP contribution in [0.15, 0.2) is 29.2 Å². The molecule has 0 saturated heterocycles. The Morgan fingerprint density at radius 3 is 2.83 bits per heavy atom. The number of nitrogens with two attached hydrogens (primary N) is 1. The minimum atomic E-state index is -3.65. The fourth-order valence-corrected chi connectivity index (χ4v) is 3.75. The van der Waals surface area contributed by atoms with Gasteiger partial charge in [0.15, 0.2) is 0 Å². The summed E-state index contributed by atoms with van der Waals surface area (Å²) in [5, 5.41) is 0. The first kappa shape index (κ1) is 13.5. The van der Waals surface area contributed by atoms with Crippen LogP contribution in [0, 0.1) is 11.7 Å². The first-order chi connectivity index (χ1) is 8.53. The van der Waals surface area contributed by atoms with E-state index in [0.29, 0.717) is 6.54 Å². The number of benzene rings is 1. The van der Waals surface area contributed by atoms with Crippen LogP contribution in [-0.4, -0.2) is 21.0 Å². The molecule has 100 valence electrons. The van der Waals surface area contributed by atoms with Crippen molar-refractivity contribution in [2.45, 2.75) is 30.2 Å². The standard InChI is InChI=1S/C12H17FN2O2S/c13-10-4-2-5-11(7-10)18(16,17)15-12-6-1-3-9(12)8-14/h2,4-5,7,9,12,15H,1,3,6,8,14H2. The lowest BCUT2D eigenvalue weighted by Crippen LogP contribution is -2.39. The predicted molar refractivity (Wildman–Crippen MR) is 66.9 cm³/mol. The zero-order valence-corrected chi connectivity index (χ0v) is 10.8. The number of hydrogen-bond donors (Lipinski definition) is 2. The lowest BCUT2D eigenvalue weighted by atomic mass is 10.1. The van der Waals surface area contributed by atoms with Crippen molar-refractivity contribution in [3.63, 3.8) is 0 Å². The summed E-state index contributed by atoms with van der Waals surface area (Å²) in [6, 6.07) is 4.88. The molecule has 4 nitrogen and oxygen atoms in total. The molecular weight excluding hydrogens is 255 g/mol. The topological polar surface area (TPSA) is 72.2 Å². The fourth-order valence-electron chi connectivity index (χ4n) is 2.38. The Kier molecular flexibility index (Phi) is 3.99. The summed E-state index contributed by atoms with van der Waals surface area (Å²) in [4.78, 5) is -0.0369. The van der Waals surface area contributed by atoms with Gasteiger partial charge in [0, 0.05) is 6.04 Å². The van der Waals surface area contributed by atoms with Crippen molar-refractivity contribution in [1.29, 1.82) is 0 Å². The van der Waals surface area contributed by atoms with Gasteiger partial charge in [-0.2, -0.15) is 0 Å². The molecule has 0 spiro atoms. The first-order valence-electron chi connectivity index (χ1n) is 6.01. The Bertz CT molecular complexity index is 519. The van der Waals surface area contributed by atoms with Crippen molar-refractivity contribution in [2.75, 3.05) is 6.54 Å². The van der Waals surface area contributed by atoms with Crippen LogP contribution in [0.2, 0.25) is 0 Å². The van der Waals surface area contributed by atoms with Gasteiger partial charge < -0.3 is 5.73 Å². The maximum Gasteiger partial charge on any atom is 0.240 e. The molecule has 1 aliphatic carbocycles. The summed E-state index contributed by atoms with van der Waals surface area (Å²) in [6.07, 6.45) is 2.70. The van der Waals surface area contributed by atoms with Gasteiger partial charge in [-0.3, -0.25) is 0 Å². The molecule has 6 heteroatoms. The normalized spacial score (nSPS) is 24.3. The van der Waals surface area contributed by atoms with Gasteiger partial charge in [0.25, 0.3) is 0 Å². The van der Waals surface area contributed by atoms with E-state index >= 15 is 0 Å². The summed E-state index contributed by atoms with van der Waals surface area (Å²) in [5.41, 5.74) is 5.61. The molecule has 1 saturated carbocycles. The number of rotatable bonds is 4. The molecule has 1 aromatic rings. The minimum absolute atomic E-state index is 0.0369. The van der Waals surface area contributed by atoms with Crippen LogP contribution in [0.3, 0.4) is 0 Å². The van der Waals surface area contributed by atoms with E-state index < -0.39 is 15.8 Å². The van der Waals surface area contributed by atoms with Crippen LogP contribution >= 0.6 is 0 Å². The summed E-state index contributed by atoms with van der Waals surface area (Å²) >= 11 is 0. The maximum atomic E-state index is 13.0. The smallest absolute Gasteiger partial charge is 0.240 e.